The monoisotopic (exact) mass is 697 g/mol. The smallest absolute Gasteiger partial charge is 0.0647 e. The lowest BCUT2D eigenvalue weighted by Crippen LogP contribution is -2.10. The van der Waals surface area contributed by atoms with E-state index in [1.165, 1.54) is 100 Å². The zero-order valence-electron chi connectivity index (χ0n) is 28.4. The summed E-state index contributed by atoms with van der Waals surface area (Å²) in [7, 11) is 0. The van der Waals surface area contributed by atoms with E-state index in [0.29, 0.717) is 0 Å². The molecular formula is C49H31NS2. The molecule has 0 saturated carbocycles. The maximum Gasteiger partial charge on any atom is 0.0647 e. The second kappa shape index (κ2) is 11.5. The van der Waals surface area contributed by atoms with Gasteiger partial charge in [-0.25, -0.2) is 0 Å². The molecule has 0 N–H and O–H groups in total. The molecule has 0 saturated heterocycles. The molecule has 0 fully saturated rings. The van der Waals surface area contributed by atoms with Gasteiger partial charge in [-0.1, -0.05) is 140 Å². The average Bonchev–Trinajstić information content (AvgIpc) is 3.80. The summed E-state index contributed by atoms with van der Waals surface area (Å²) in [4.78, 5) is 2.54. The molecule has 244 valence electrons. The van der Waals surface area contributed by atoms with Gasteiger partial charge in [0.2, 0.25) is 0 Å². The van der Waals surface area contributed by atoms with E-state index in [-0.39, 0.29) is 0 Å². The van der Waals surface area contributed by atoms with Gasteiger partial charge in [0.25, 0.3) is 0 Å². The summed E-state index contributed by atoms with van der Waals surface area (Å²) < 4.78 is 5.28. The minimum absolute atomic E-state index is 1.14. The van der Waals surface area contributed by atoms with Gasteiger partial charge < -0.3 is 4.90 Å². The average molecular weight is 698 g/mol. The van der Waals surface area contributed by atoms with E-state index in [2.05, 4.69) is 182 Å². The predicted octanol–water partition coefficient (Wildman–Crippen LogP) is 15.5. The van der Waals surface area contributed by atoms with E-state index in [4.69, 9.17) is 0 Å². The third kappa shape index (κ3) is 4.27. The van der Waals surface area contributed by atoms with E-state index in [1.54, 1.807) is 0 Å². The highest BCUT2D eigenvalue weighted by molar-refractivity contribution is 7.28. The summed E-state index contributed by atoms with van der Waals surface area (Å²) in [6.45, 7) is 2.08. The Morgan fingerprint density at radius 2 is 1.08 bits per heavy atom. The fourth-order valence-electron chi connectivity index (χ4n) is 8.45. The molecule has 0 amide bonds. The van der Waals surface area contributed by atoms with Gasteiger partial charge in [0, 0.05) is 46.7 Å². The van der Waals surface area contributed by atoms with E-state index in [9.17, 15) is 0 Å². The lowest BCUT2D eigenvalue weighted by atomic mass is 9.94. The number of allylic oxidation sites excluding steroid dienone is 1. The summed E-state index contributed by atoms with van der Waals surface area (Å²) >= 11 is 3.84. The van der Waals surface area contributed by atoms with Crippen LogP contribution in [0, 0.1) is 0 Å². The Bertz CT molecular complexity index is 3250. The lowest BCUT2D eigenvalue weighted by Gasteiger charge is -2.28. The summed E-state index contributed by atoms with van der Waals surface area (Å²) in [5, 5.41) is 15.6. The molecule has 0 spiro atoms. The molecule has 0 aliphatic rings. The highest BCUT2D eigenvalue weighted by Gasteiger charge is 2.25. The van der Waals surface area contributed by atoms with Gasteiger partial charge in [0.05, 0.1) is 16.1 Å². The van der Waals surface area contributed by atoms with E-state index in [1.807, 2.05) is 22.7 Å². The maximum atomic E-state index is 2.54. The van der Waals surface area contributed by atoms with Crippen LogP contribution in [-0.2, 0) is 0 Å². The minimum Gasteiger partial charge on any atom is -0.308 e. The molecule has 0 unspecified atom stereocenters. The van der Waals surface area contributed by atoms with Crippen molar-refractivity contribution < 1.29 is 0 Å². The number of anilines is 3. The zero-order chi connectivity index (χ0) is 34.3. The second-order valence-electron chi connectivity index (χ2n) is 13.6. The highest BCUT2D eigenvalue weighted by atomic mass is 32.1. The number of hydrogen-bond acceptors (Lipinski definition) is 3. The van der Waals surface area contributed by atoms with Crippen molar-refractivity contribution in [2.75, 3.05) is 4.90 Å². The van der Waals surface area contributed by atoms with Crippen LogP contribution in [0.3, 0.4) is 0 Å². The van der Waals surface area contributed by atoms with Crippen LogP contribution >= 0.6 is 22.7 Å². The minimum atomic E-state index is 1.14. The number of fused-ring (bicyclic) bond motifs is 15. The molecule has 1 nitrogen and oxygen atoms in total. The standard InChI is InChI=1S/C49H31NS2/c1-2-12-30-23-26-33(27-24-30)50(41-21-11-22-43-44(41)40-28-25-31-13-3-6-16-35(31)47(40)51-43)42-29-32-14-4-5-15-34(32)45-46-38-19-9-7-17-36(38)37-18-8-10-20-39(37)48(46)52-49(42)45/h2-29H,1H3/b12-2+. The summed E-state index contributed by atoms with van der Waals surface area (Å²) in [5.41, 5.74) is 4.74. The van der Waals surface area contributed by atoms with E-state index in [0.717, 1.165) is 5.69 Å². The third-order valence-corrected chi connectivity index (χ3v) is 13.1. The van der Waals surface area contributed by atoms with Crippen LogP contribution in [0.5, 0.6) is 0 Å². The van der Waals surface area contributed by atoms with Crippen molar-refractivity contribution in [1.82, 2.24) is 0 Å². The fourth-order valence-corrected chi connectivity index (χ4v) is 11.1. The molecule has 0 radical (unpaired) electrons. The van der Waals surface area contributed by atoms with Gasteiger partial charge in [-0.15, -0.1) is 22.7 Å². The number of thiophene rings is 2. The molecule has 0 atom stereocenters. The summed E-state index contributed by atoms with van der Waals surface area (Å²) in [5.74, 6) is 0. The SMILES string of the molecule is C/C=C/c1ccc(N(c2cc3ccccc3c3c2sc2c4ccccc4c4ccccc4c23)c2cccc3sc4c5ccccc5ccc4c23)cc1. The first-order valence-corrected chi connectivity index (χ1v) is 19.4. The quantitative estimate of drug-likeness (QED) is 0.166. The number of benzene rings is 9. The lowest BCUT2D eigenvalue weighted by molar-refractivity contribution is 1.32. The Morgan fingerprint density at radius 1 is 0.423 bits per heavy atom. The first-order chi connectivity index (χ1) is 25.8. The summed E-state index contributed by atoms with van der Waals surface area (Å²) in [6, 6.07) is 58.6. The van der Waals surface area contributed by atoms with Crippen LogP contribution in [-0.4, -0.2) is 0 Å². The molecule has 9 aromatic carbocycles. The molecule has 2 heterocycles. The topological polar surface area (TPSA) is 3.24 Å². The van der Waals surface area contributed by atoms with Crippen molar-refractivity contribution in [2.45, 2.75) is 6.92 Å². The first-order valence-electron chi connectivity index (χ1n) is 17.8. The fraction of sp³-hybridized carbons (Fsp3) is 0.0204. The summed E-state index contributed by atoms with van der Waals surface area (Å²) in [6.07, 6.45) is 4.27. The van der Waals surface area contributed by atoms with Crippen LogP contribution < -0.4 is 4.90 Å². The van der Waals surface area contributed by atoms with E-state index < -0.39 is 0 Å². The highest BCUT2D eigenvalue weighted by Crippen LogP contribution is 2.53. The third-order valence-electron chi connectivity index (χ3n) is 10.7. The molecular weight excluding hydrogens is 667 g/mol. The van der Waals surface area contributed by atoms with Crippen molar-refractivity contribution in [3.05, 3.63) is 169 Å². The van der Waals surface area contributed by atoms with E-state index >= 15 is 0 Å². The Hall–Kier alpha value is -6.00. The number of nitrogens with zero attached hydrogens (tertiary/aromatic N) is 1. The van der Waals surface area contributed by atoms with Crippen LogP contribution in [0.2, 0.25) is 0 Å². The normalized spacial score (nSPS) is 12.2. The molecule has 3 heteroatoms. The maximum absolute atomic E-state index is 2.54. The van der Waals surface area contributed by atoms with Crippen LogP contribution in [0.25, 0.3) is 89.5 Å². The molecule has 11 aromatic rings. The van der Waals surface area contributed by atoms with Crippen molar-refractivity contribution in [3.8, 4) is 0 Å². The molecule has 0 bridgehead atoms. The van der Waals surface area contributed by atoms with Gasteiger partial charge >= 0.3 is 0 Å². The Kier molecular flexibility index (Phi) is 6.57. The van der Waals surface area contributed by atoms with Crippen LogP contribution in [0.15, 0.2) is 164 Å². The van der Waals surface area contributed by atoms with Crippen LogP contribution in [0.1, 0.15) is 12.5 Å². The van der Waals surface area contributed by atoms with Gasteiger partial charge in [-0.3, -0.25) is 0 Å². The molecule has 0 aliphatic heterocycles. The predicted molar refractivity (Wildman–Crippen MR) is 232 cm³/mol. The second-order valence-corrected chi connectivity index (χ2v) is 15.6. The molecule has 11 rings (SSSR count). The van der Waals surface area contributed by atoms with Gasteiger partial charge in [0.15, 0.2) is 0 Å². The number of rotatable bonds is 4. The van der Waals surface area contributed by atoms with Crippen molar-refractivity contribution in [2.24, 2.45) is 0 Å². The first kappa shape index (κ1) is 29.7. The van der Waals surface area contributed by atoms with Crippen molar-refractivity contribution in [3.63, 3.8) is 0 Å². The molecule has 2 aromatic heterocycles. The van der Waals surface area contributed by atoms with Crippen molar-refractivity contribution >= 4 is 129 Å². The molecule has 0 aliphatic carbocycles. The van der Waals surface area contributed by atoms with Gasteiger partial charge in [0.1, 0.15) is 0 Å². The number of hydrogen-bond donors (Lipinski definition) is 0. The Labute approximate surface area is 308 Å². The van der Waals surface area contributed by atoms with Gasteiger partial charge in [-0.05, 0) is 80.5 Å². The molecule has 52 heavy (non-hydrogen) atoms. The van der Waals surface area contributed by atoms with Crippen molar-refractivity contribution in [1.29, 1.82) is 0 Å². The Balaban J connectivity index is 1.32. The zero-order valence-corrected chi connectivity index (χ0v) is 30.1. The van der Waals surface area contributed by atoms with Crippen LogP contribution in [0.4, 0.5) is 17.1 Å². The van der Waals surface area contributed by atoms with Gasteiger partial charge in [-0.2, -0.15) is 0 Å². The largest absolute Gasteiger partial charge is 0.308 e. The Morgan fingerprint density at radius 3 is 1.87 bits per heavy atom.